The van der Waals surface area contributed by atoms with E-state index in [0.717, 1.165) is 72.0 Å². The van der Waals surface area contributed by atoms with Crippen LogP contribution in [0.15, 0.2) is 114 Å². The highest BCUT2D eigenvalue weighted by Gasteiger charge is 2.68. The van der Waals surface area contributed by atoms with Crippen LogP contribution in [0.5, 0.6) is 0 Å². The van der Waals surface area contributed by atoms with Crippen molar-refractivity contribution in [2.45, 2.75) is 109 Å². The first-order valence-corrected chi connectivity index (χ1v) is 22.2. The van der Waals surface area contributed by atoms with Crippen molar-refractivity contribution in [2.75, 3.05) is 0 Å². The number of hydrogen-bond acceptors (Lipinski definition) is 4. The Kier molecular flexibility index (Phi) is 8.62. The molecule has 7 aliphatic carbocycles. The van der Waals surface area contributed by atoms with Crippen molar-refractivity contribution in [1.29, 1.82) is 0 Å². The van der Waals surface area contributed by atoms with Gasteiger partial charge in [-0.3, -0.25) is 0 Å². The number of benzene rings is 2. The third-order valence-electron chi connectivity index (χ3n) is 16.1. The predicted octanol–water partition coefficient (Wildman–Crippen LogP) is 12.2. The van der Waals surface area contributed by atoms with E-state index in [9.17, 15) is 0 Å². The van der Waals surface area contributed by atoms with Gasteiger partial charge in [0.15, 0.2) is 11.6 Å². The van der Waals surface area contributed by atoms with Gasteiger partial charge in [0.2, 0.25) is 0 Å². The average Bonchev–Trinajstić information content (AvgIpc) is 3.76. The highest BCUT2D eigenvalue weighted by Crippen LogP contribution is 2.72. The van der Waals surface area contributed by atoms with E-state index in [2.05, 4.69) is 104 Å². The fourth-order valence-electron chi connectivity index (χ4n) is 14.1. The first kappa shape index (κ1) is 34.2. The zero-order chi connectivity index (χ0) is 36.5. The molecule has 0 bridgehead atoms. The molecule has 1 aliphatic heterocycles. The molecule has 0 amide bonds. The van der Waals surface area contributed by atoms with Gasteiger partial charge >= 0.3 is 0 Å². The minimum absolute atomic E-state index is 0.243. The lowest BCUT2D eigenvalue weighted by Gasteiger charge is -2.55. The zero-order valence-electron chi connectivity index (χ0n) is 32.7. The van der Waals surface area contributed by atoms with Crippen molar-refractivity contribution in [3.05, 3.63) is 125 Å². The Morgan fingerprint density at radius 3 is 2.55 bits per heavy atom. The molecule has 11 atom stereocenters. The number of fused-ring (bicyclic) bond motifs is 9. The van der Waals surface area contributed by atoms with Crippen LogP contribution in [0.4, 0.5) is 0 Å². The van der Waals surface area contributed by atoms with Crippen LogP contribution in [0.25, 0.3) is 22.8 Å². The van der Waals surface area contributed by atoms with Crippen LogP contribution < -0.4 is 0 Å². The monoisotopic (exact) mass is 727 g/mol. The molecule has 2 heterocycles. The third kappa shape index (κ3) is 5.54. The van der Waals surface area contributed by atoms with E-state index >= 15 is 0 Å². The maximum atomic E-state index is 7.23. The summed E-state index contributed by atoms with van der Waals surface area (Å²) in [6.07, 6.45) is 35.1. The molecule has 1 spiro atoms. The van der Waals surface area contributed by atoms with Crippen molar-refractivity contribution in [1.82, 2.24) is 15.0 Å². The van der Waals surface area contributed by atoms with Gasteiger partial charge in [-0.15, -0.1) is 0 Å². The lowest BCUT2D eigenvalue weighted by Crippen LogP contribution is -2.51. The second kappa shape index (κ2) is 13.9. The summed E-state index contributed by atoms with van der Waals surface area (Å²) >= 11 is 0. The van der Waals surface area contributed by atoms with Crippen molar-refractivity contribution in [3.8, 4) is 22.8 Å². The highest BCUT2D eigenvalue weighted by molar-refractivity contribution is 5.65. The fourth-order valence-corrected chi connectivity index (χ4v) is 14.1. The van der Waals surface area contributed by atoms with E-state index in [1.807, 2.05) is 0 Å². The van der Waals surface area contributed by atoms with E-state index in [0.29, 0.717) is 41.6 Å². The minimum Gasteiger partial charge on any atom is -0.490 e. The Labute approximate surface area is 328 Å². The molecule has 11 rings (SSSR count). The first-order valence-electron chi connectivity index (χ1n) is 22.2. The van der Waals surface area contributed by atoms with Crippen LogP contribution >= 0.6 is 0 Å². The maximum absolute atomic E-state index is 7.23. The van der Waals surface area contributed by atoms with Gasteiger partial charge in [-0.25, -0.2) is 15.0 Å². The number of nitrogens with zero attached hydrogens (tertiary/aromatic N) is 3. The van der Waals surface area contributed by atoms with E-state index in [4.69, 9.17) is 19.7 Å². The molecule has 282 valence electrons. The van der Waals surface area contributed by atoms with Gasteiger partial charge in [0.25, 0.3) is 0 Å². The Balaban J connectivity index is 0.980. The average molecular weight is 728 g/mol. The molecule has 0 N–H and O–H groups in total. The van der Waals surface area contributed by atoms with Crippen LogP contribution in [0.1, 0.15) is 108 Å². The molecule has 3 aromatic rings. The molecule has 1 aromatic heterocycles. The molecule has 0 radical (unpaired) electrons. The molecular formula is C51H57N3O. The Hall–Kier alpha value is -4.05. The SMILES string of the molecule is CC1CCC2OC3=C(CCC(Cc4ccccc4-c4nc(-c5ccccc5)nc(C5CCCC6C=CCCC65)n4)=C3)C3(C4C=CC=CC4C4CCCCC43)C12. The van der Waals surface area contributed by atoms with Crippen molar-refractivity contribution in [2.24, 2.45) is 52.8 Å². The molecule has 4 nitrogen and oxygen atoms in total. The quantitative estimate of drug-likeness (QED) is 0.246. The maximum Gasteiger partial charge on any atom is 0.164 e. The van der Waals surface area contributed by atoms with Gasteiger partial charge in [-0.1, -0.05) is 123 Å². The Bertz CT molecular complexity index is 2110. The Morgan fingerprint density at radius 1 is 0.745 bits per heavy atom. The van der Waals surface area contributed by atoms with Crippen LogP contribution in [0.2, 0.25) is 0 Å². The van der Waals surface area contributed by atoms with Gasteiger partial charge in [0.1, 0.15) is 17.7 Å². The zero-order valence-corrected chi connectivity index (χ0v) is 32.7. The van der Waals surface area contributed by atoms with Gasteiger partial charge in [0, 0.05) is 28.4 Å². The van der Waals surface area contributed by atoms with Crippen LogP contribution in [-0.2, 0) is 11.2 Å². The molecule has 4 fully saturated rings. The normalized spacial score (nSPS) is 37.1. The summed E-state index contributed by atoms with van der Waals surface area (Å²) in [6, 6.07) is 19.5. The van der Waals surface area contributed by atoms with Gasteiger partial charge in [0.05, 0.1) is 0 Å². The highest BCUT2D eigenvalue weighted by atomic mass is 16.5. The number of hydrogen-bond donors (Lipinski definition) is 0. The van der Waals surface area contributed by atoms with E-state index in [1.165, 1.54) is 81.1 Å². The summed E-state index contributed by atoms with van der Waals surface area (Å²) in [5.41, 5.74) is 6.95. The largest absolute Gasteiger partial charge is 0.490 e. The van der Waals surface area contributed by atoms with Gasteiger partial charge in [-0.05, 0) is 129 Å². The third-order valence-corrected chi connectivity index (χ3v) is 16.1. The summed E-state index contributed by atoms with van der Waals surface area (Å²) in [4.78, 5) is 15.9. The van der Waals surface area contributed by atoms with Gasteiger partial charge in [-0.2, -0.15) is 0 Å². The lowest BCUT2D eigenvalue weighted by atomic mass is 9.51. The molecule has 8 aliphatic rings. The molecule has 4 heteroatoms. The number of allylic oxidation sites excluding steroid dienone is 9. The summed E-state index contributed by atoms with van der Waals surface area (Å²) in [7, 11) is 0. The molecular weight excluding hydrogens is 671 g/mol. The summed E-state index contributed by atoms with van der Waals surface area (Å²) in [6.45, 7) is 2.56. The fraction of sp³-hybridized carbons (Fsp3) is 0.510. The summed E-state index contributed by atoms with van der Waals surface area (Å²) in [5, 5.41) is 0. The molecule has 0 saturated heterocycles. The van der Waals surface area contributed by atoms with Crippen molar-refractivity contribution in [3.63, 3.8) is 0 Å². The van der Waals surface area contributed by atoms with Crippen molar-refractivity contribution < 1.29 is 4.74 Å². The topological polar surface area (TPSA) is 47.9 Å². The second-order valence-electron chi connectivity index (χ2n) is 18.7. The van der Waals surface area contributed by atoms with Gasteiger partial charge < -0.3 is 4.74 Å². The van der Waals surface area contributed by atoms with E-state index in [-0.39, 0.29) is 5.41 Å². The predicted molar refractivity (Wildman–Crippen MR) is 221 cm³/mol. The van der Waals surface area contributed by atoms with Crippen LogP contribution in [0.3, 0.4) is 0 Å². The molecule has 11 unspecified atom stereocenters. The van der Waals surface area contributed by atoms with Crippen molar-refractivity contribution >= 4 is 0 Å². The Morgan fingerprint density at radius 2 is 1.60 bits per heavy atom. The number of ether oxygens (including phenoxy) is 1. The smallest absolute Gasteiger partial charge is 0.164 e. The minimum atomic E-state index is 0.243. The van der Waals surface area contributed by atoms with Crippen LogP contribution in [-0.4, -0.2) is 21.1 Å². The summed E-state index contributed by atoms with van der Waals surface area (Å²) in [5.74, 6) is 9.78. The number of rotatable bonds is 5. The second-order valence-corrected chi connectivity index (χ2v) is 18.7. The first-order chi connectivity index (χ1) is 27.2. The summed E-state index contributed by atoms with van der Waals surface area (Å²) < 4.78 is 7.23. The van der Waals surface area contributed by atoms with E-state index in [1.54, 1.807) is 5.57 Å². The standard InChI is InChI=1S/C51H57N3O/c1-32-26-29-45-47(32)51(42-24-11-9-21-39(42)40-22-10-12-25-43(40)51)44-28-27-33(31-46(44)55-45)30-36-17-6-8-20-38(36)49-52-48(35-15-3-2-4-16-35)53-50(54-49)41-23-13-18-34-14-5-7-19-37(34)41/h2-6,8-9,11,14-17,20-21,24,31-32,34,37,39-43,45,47H,7,10,12-13,18-19,22-23,25-30H2,1H3. The molecule has 55 heavy (non-hydrogen) atoms. The molecule has 2 aromatic carbocycles. The van der Waals surface area contributed by atoms with Crippen LogP contribution in [0, 0.1) is 52.8 Å². The number of aromatic nitrogens is 3. The molecule has 4 saturated carbocycles. The van der Waals surface area contributed by atoms with E-state index < -0.39 is 0 Å². The lowest BCUT2D eigenvalue weighted by molar-refractivity contribution is -0.0580.